The predicted octanol–water partition coefficient (Wildman–Crippen LogP) is 4.54. The fourth-order valence-electron chi connectivity index (χ4n) is 4.02. The Kier molecular flexibility index (Phi) is 5.77. The number of para-hydroxylation sites is 1. The second-order valence-electron chi connectivity index (χ2n) is 8.49. The summed E-state index contributed by atoms with van der Waals surface area (Å²) < 4.78 is 7.53. The fourth-order valence-corrected chi connectivity index (χ4v) is 4.02. The maximum atomic E-state index is 13.5. The van der Waals surface area contributed by atoms with Gasteiger partial charge in [-0.05, 0) is 56.5 Å². The van der Waals surface area contributed by atoms with Crippen molar-refractivity contribution in [2.24, 2.45) is 0 Å². The number of pyridine rings is 2. The van der Waals surface area contributed by atoms with Gasteiger partial charge in [0.05, 0.1) is 23.3 Å². The minimum absolute atomic E-state index is 0.0207. The fraction of sp³-hybridized carbons (Fsp3) is 0.308. The van der Waals surface area contributed by atoms with Crippen molar-refractivity contribution in [2.45, 2.75) is 32.1 Å². The Morgan fingerprint density at radius 2 is 1.94 bits per heavy atom. The zero-order valence-electron chi connectivity index (χ0n) is 18.9. The van der Waals surface area contributed by atoms with Gasteiger partial charge in [-0.3, -0.25) is 4.79 Å². The highest BCUT2D eigenvalue weighted by Crippen LogP contribution is 2.40. The lowest BCUT2D eigenvalue weighted by Crippen LogP contribution is -2.29. The van der Waals surface area contributed by atoms with Gasteiger partial charge in [0, 0.05) is 31.4 Å². The molecule has 7 heteroatoms. The Bertz CT molecular complexity index is 1270. The molecule has 5 rings (SSSR count). The number of rotatable bonds is 8. The normalized spacial score (nSPS) is 13.3. The molecular weight excluding hydrogens is 414 g/mol. The topological polar surface area (TPSA) is 73.1 Å². The minimum Gasteiger partial charge on any atom is -0.494 e. The van der Waals surface area contributed by atoms with Gasteiger partial charge in [-0.15, -0.1) is 0 Å². The lowest BCUT2D eigenvalue weighted by molar-refractivity contribution is 0.0789. The third kappa shape index (κ3) is 4.44. The number of carbonyl (C=O) groups excluding carboxylic acids is 1. The van der Waals surface area contributed by atoms with E-state index in [2.05, 4.69) is 4.98 Å². The quantitative estimate of drug-likeness (QED) is 0.375. The highest BCUT2D eigenvalue weighted by Gasteiger charge is 2.29. The highest BCUT2D eigenvalue weighted by atomic mass is 16.5. The van der Waals surface area contributed by atoms with Crippen molar-refractivity contribution in [1.82, 2.24) is 24.6 Å². The number of fused-ring (bicyclic) bond motifs is 1. The van der Waals surface area contributed by atoms with Crippen molar-refractivity contribution in [2.75, 3.05) is 20.2 Å². The van der Waals surface area contributed by atoms with Gasteiger partial charge >= 0.3 is 0 Å². The Morgan fingerprint density at radius 3 is 2.67 bits per heavy atom. The Balaban J connectivity index is 1.40. The van der Waals surface area contributed by atoms with Crippen LogP contribution in [0, 0.1) is 6.92 Å². The first-order chi connectivity index (χ1) is 16.1. The van der Waals surface area contributed by atoms with Gasteiger partial charge in [0.1, 0.15) is 5.75 Å². The molecule has 3 aromatic heterocycles. The number of ether oxygens (including phenoxy) is 1. The van der Waals surface area contributed by atoms with Crippen LogP contribution in [0.25, 0.3) is 16.9 Å². The van der Waals surface area contributed by atoms with E-state index in [1.54, 1.807) is 15.8 Å². The largest absolute Gasteiger partial charge is 0.494 e. The number of aryl methyl sites for hydroxylation is 1. The van der Waals surface area contributed by atoms with Gasteiger partial charge in [-0.25, -0.2) is 9.97 Å². The Morgan fingerprint density at radius 1 is 1.15 bits per heavy atom. The van der Waals surface area contributed by atoms with Crippen molar-refractivity contribution in [1.29, 1.82) is 0 Å². The number of hydrogen-bond donors (Lipinski definition) is 0. The number of amides is 1. The number of aromatic nitrogens is 4. The molecule has 0 spiro atoms. The van der Waals surface area contributed by atoms with Crippen molar-refractivity contribution in [3.05, 3.63) is 77.7 Å². The van der Waals surface area contributed by atoms with Crippen LogP contribution in [-0.4, -0.2) is 50.8 Å². The van der Waals surface area contributed by atoms with E-state index in [1.807, 2.05) is 68.6 Å². The van der Waals surface area contributed by atoms with Crippen molar-refractivity contribution < 1.29 is 9.53 Å². The maximum absolute atomic E-state index is 13.5. The van der Waals surface area contributed by atoms with E-state index in [0.717, 1.165) is 41.8 Å². The SMILES string of the molecule is Cc1nn(-c2ccccn2)c2nc(C3CC3)cc(C(=O)N(C)CCCOc3ccccc3)c12. The standard InChI is InChI=1S/C26H27N5O2/c1-18-24-21(26(32)30(2)15-8-16-33-20-9-4-3-5-10-20)17-22(19-12-13-19)28-25(24)31(29-18)23-11-6-7-14-27-23/h3-7,9-11,14,17,19H,8,12-13,15-16H2,1-2H3. The number of benzene rings is 1. The lowest BCUT2D eigenvalue weighted by atomic mass is 10.1. The zero-order valence-corrected chi connectivity index (χ0v) is 18.9. The maximum Gasteiger partial charge on any atom is 0.254 e. The number of hydrogen-bond acceptors (Lipinski definition) is 5. The molecule has 1 fully saturated rings. The molecule has 3 heterocycles. The van der Waals surface area contributed by atoms with E-state index in [9.17, 15) is 4.79 Å². The summed E-state index contributed by atoms with van der Waals surface area (Å²) in [6.45, 7) is 3.07. The molecule has 0 unspecified atom stereocenters. The molecule has 0 bridgehead atoms. The van der Waals surface area contributed by atoms with E-state index in [1.165, 1.54) is 0 Å². The molecule has 1 amide bonds. The summed E-state index contributed by atoms with van der Waals surface area (Å²) in [6.07, 6.45) is 4.69. The van der Waals surface area contributed by atoms with E-state index >= 15 is 0 Å². The molecule has 0 radical (unpaired) electrons. The molecule has 33 heavy (non-hydrogen) atoms. The van der Waals surface area contributed by atoms with E-state index in [-0.39, 0.29) is 5.91 Å². The second-order valence-corrected chi connectivity index (χ2v) is 8.49. The van der Waals surface area contributed by atoms with Crippen molar-refractivity contribution >= 4 is 16.9 Å². The minimum atomic E-state index is -0.0207. The number of nitrogens with zero attached hydrogens (tertiary/aromatic N) is 5. The third-order valence-corrected chi connectivity index (χ3v) is 5.92. The van der Waals surface area contributed by atoms with Crippen LogP contribution in [-0.2, 0) is 0 Å². The average molecular weight is 442 g/mol. The molecule has 1 aliphatic rings. The molecule has 168 valence electrons. The molecular formula is C26H27N5O2. The van der Waals surface area contributed by atoms with Gasteiger partial charge in [-0.2, -0.15) is 9.78 Å². The molecule has 1 aromatic carbocycles. The van der Waals surface area contributed by atoms with E-state index in [0.29, 0.717) is 36.1 Å². The van der Waals surface area contributed by atoms with Crippen LogP contribution in [0.4, 0.5) is 0 Å². The average Bonchev–Trinajstić information content (AvgIpc) is 3.65. The van der Waals surface area contributed by atoms with Crippen LogP contribution in [0.3, 0.4) is 0 Å². The first-order valence-electron chi connectivity index (χ1n) is 11.4. The zero-order chi connectivity index (χ0) is 22.8. The second kappa shape index (κ2) is 9.02. The van der Waals surface area contributed by atoms with Crippen LogP contribution in [0.5, 0.6) is 5.75 Å². The van der Waals surface area contributed by atoms with Crippen LogP contribution >= 0.6 is 0 Å². The first kappa shape index (κ1) is 21.1. The van der Waals surface area contributed by atoms with E-state index < -0.39 is 0 Å². The smallest absolute Gasteiger partial charge is 0.254 e. The van der Waals surface area contributed by atoms with Gasteiger partial charge in [0.2, 0.25) is 0 Å². The molecule has 0 saturated heterocycles. The van der Waals surface area contributed by atoms with Gasteiger partial charge in [0.25, 0.3) is 5.91 Å². The van der Waals surface area contributed by atoms with Crippen LogP contribution in [0.15, 0.2) is 60.8 Å². The Labute approximate surface area is 193 Å². The van der Waals surface area contributed by atoms with Gasteiger partial charge in [-0.1, -0.05) is 24.3 Å². The summed E-state index contributed by atoms with van der Waals surface area (Å²) in [4.78, 5) is 24.6. The summed E-state index contributed by atoms with van der Waals surface area (Å²) in [5, 5.41) is 5.49. The van der Waals surface area contributed by atoms with Crippen molar-refractivity contribution in [3.8, 4) is 11.6 Å². The lowest BCUT2D eigenvalue weighted by Gasteiger charge is -2.18. The molecule has 1 aliphatic carbocycles. The van der Waals surface area contributed by atoms with Crippen LogP contribution < -0.4 is 4.74 Å². The summed E-state index contributed by atoms with van der Waals surface area (Å²) in [6, 6.07) is 17.4. The first-order valence-corrected chi connectivity index (χ1v) is 11.4. The summed E-state index contributed by atoms with van der Waals surface area (Å²) in [5.41, 5.74) is 3.09. The molecule has 4 aromatic rings. The summed E-state index contributed by atoms with van der Waals surface area (Å²) >= 11 is 0. The van der Waals surface area contributed by atoms with Gasteiger partial charge in [0.15, 0.2) is 11.5 Å². The molecule has 0 atom stereocenters. The predicted molar refractivity (Wildman–Crippen MR) is 127 cm³/mol. The molecule has 7 nitrogen and oxygen atoms in total. The summed E-state index contributed by atoms with van der Waals surface area (Å²) in [5.74, 6) is 1.93. The number of carbonyl (C=O) groups is 1. The molecule has 0 aliphatic heterocycles. The Hall–Kier alpha value is -3.74. The monoisotopic (exact) mass is 441 g/mol. The van der Waals surface area contributed by atoms with Gasteiger partial charge < -0.3 is 9.64 Å². The molecule has 0 N–H and O–H groups in total. The van der Waals surface area contributed by atoms with Crippen LogP contribution in [0.1, 0.15) is 46.9 Å². The van der Waals surface area contributed by atoms with Crippen LogP contribution in [0.2, 0.25) is 0 Å². The third-order valence-electron chi connectivity index (χ3n) is 5.92. The van der Waals surface area contributed by atoms with E-state index in [4.69, 9.17) is 14.8 Å². The molecule has 1 saturated carbocycles. The summed E-state index contributed by atoms with van der Waals surface area (Å²) in [7, 11) is 1.84. The van der Waals surface area contributed by atoms with Crippen molar-refractivity contribution in [3.63, 3.8) is 0 Å². The highest BCUT2D eigenvalue weighted by molar-refractivity contribution is 6.06.